The largest absolute Gasteiger partial charge is 0.378 e. The Kier molecular flexibility index (Phi) is 15.5. The van der Waals surface area contributed by atoms with Crippen LogP contribution in [0.25, 0.3) is 0 Å². The molecule has 0 radical (unpaired) electrons. The van der Waals surface area contributed by atoms with Gasteiger partial charge >= 0.3 is 0 Å². The van der Waals surface area contributed by atoms with Gasteiger partial charge in [-0.15, -0.1) is 0 Å². The number of ether oxygens (including phenoxy) is 1. The monoisotopic (exact) mass is 613 g/mol. The van der Waals surface area contributed by atoms with Gasteiger partial charge in [0.1, 0.15) is 0 Å². The van der Waals surface area contributed by atoms with Gasteiger partial charge in [-0.3, -0.25) is 0 Å². The van der Waals surface area contributed by atoms with E-state index in [-0.39, 0.29) is 0 Å². The maximum Gasteiger partial charge on any atom is 0.0578 e. The van der Waals surface area contributed by atoms with E-state index in [9.17, 15) is 0 Å². The van der Waals surface area contributed by atoms with Crippen LogP contribution in [0.3, 0.4) is 0 Å². The van der Waals surface area contributed by atoms with Crippen LogP contribution in [0.15, 0.2) is 0 Å². The van der Waals surface area contributed by atoms with E-state index in [4.69, 9.17) is 4.74 Å². The molecule has 5 unspecified atom stereocenters. The second kappa shape index (κ2) is 18.5. The molecule has 4 aliphatic carbocycles. The number of hydrogen-bond acceptors (Lipinski definition) is 1. The summed E-state index contributed by atoms with van der Waals surface area (Å²) in [5, 5.41) is 0. The maximum atomic E-state index is 6.59. The molecule has 0 aliphatic heterocycles. The highest BCUT2D eigenvalue weighted by atomic mass is 16.5. The fourth-order valence-electron chi connectivity index (χ4n) is 11.9. The molecule has 44 heavy (non-hydrogen) atoms. The normalized spacial score (nSPS) is 35.8. The number of rotatable bonds is 21. The lowest BCUT2D eigenvalue weighted by molar-refractivity contribution is -0.136. The maximum absolute atomic E-state index is 6.59. The molecule has 0 amide bonds. The van der Waals surface area contributed by atoms with Crippen LogP contribution in [0.5, 0.6) is 0 Å². The van der Waals surface area contributed by atoms with Crippen molar-refractivity contribution >= 4 is 0 Å². The van der Waals surface area contributed by atoms with Crippen LogP contribution in [0.4, 0.5) is 0 Å². The van der Waals surface area contributed by atoms with E-state index in [1.807, 2.05) is 0 Å². The van der Waals surface area contributed by atoms with E-state index in [1.54, 1.807) is 6.42 Å². The average molecular weight is 613 g/mol. The van der Waals surface area contributed by atoms with Crippen LogP contribution >= 0.6 is 0 Å². The molecule has 1 nitrogen and oxygen atoms in total. The summed E-state index contributed by atoms with van der Waals surface area (Å²) in [4.78, 5) is 0. The van der Waals surface area contributed by atoms with Crippen LogP contribution in [-0.4, -0.2) is 12.7 Å². The van der Waals surface area contributed by atoms with E-state index in [1.165, 1.54) is 161 Å². The zero-order valence-electron chi connectivity index (χ0n) is 31.1. The molecule has 258 valence electrons. The highest BCUT2D eigenvalue weighted by Crippen LogP contribution is 2.68. The van der Waals surface area contributed by atoms with Crippen LogP contribution < -0.4 is 0 Å². The topological polar surface area (TPSA) is 9.23 Å². The van der Waals surface area contributed by atoms with Gasteiger partial charge in [-0.25, -0.2) is 0 Å². The quantitative estimate of drug-likeness (QED) is 0.117. The third-order valence-corrected chi connectivity index (χ3v) is 14.7. The second-order valence-electron chi connectivity index (χ2n) is 18.1. The third kappa shape index (κ3) is 9.75. The van der Waals surface area contributed by atoms with E-state index in [2.05, 4.69) is 41.5 Å². The van der Waals surface area contributed by atoms with E-state index in [0.717, 1.165) is 48.0 Å². The first-order chi connectivity index (χ1) is 21.3. The Bertz CT molecular complexity index is 773. The first-order valence-electron chi connectivity index (χ1n) is 20.9. The summed E-state index contributed by atoms with van der Waals surface area (Å²) >= 11 is 0. The van der Waals surface area contributed by atoms with Gasteiger partial charge in [-0.1, -0.05) is 144 Å². The minimum absolute atomic E-state index is 0.558. The van der Waals surface area contributed by atoms with Crippen molar-refractivity contribution in [3.05, 3.63) is 0 Å². The SMILES string of the molecule is CCCCCCCCCCCCCCCCOC1CC[C@@]2(C)C(CCC3C2CC[C@@]2(C)C3CC[C@@H]2[C@H](C)CCCC(C)C)C1. The van der Waals surface area contributed by atoms with Crippen LogP contribution in [0.2, 0.25) is 0 Å². The predicted molar refractivity (Wildman–Crippen MR) is 193 cm³/mol. The Balaban J connectivity index is 1.09. The lowest BCUT2D eigenvalue weighted by Crippen LogP contribution is -2.54. The smallest absolute Gasteiger partial charge is 0.0578 e. The summed E-state index contributed by atoms with van der Waals surface area (Å²) in [5.41, 5.74) is 1.23. The van der Waals surface area contributed by atoms with Gasteiger partial charge in [0.25, 0.3) is 0 Å². The van der Waals surface area contributed by atoms with Gasteiger partial charge in [-0.2, -0.15) is 0 Å². The van der Waals surface area contributed by atoms with Crippen LogP contribution in [-0.2, 0) is 4.74 Å². The van der Waals surface area contributed by atoms with Crippen molar-refractivity contribution in [2.45, 2.75) is 215 Å². The van der Waals surface area contributed by atoms with E-state index < -0.39 is 0 Å². The fraction of sp³-hybridized carbons (Fsp3) is 1.00. The van der Waals surface area contributed by atoms with Gasteiger partial charge in [0.15, 0.2) is 0 Å². The molecule has 4 aliphatic rings. The fourth-order valence-corrected chi connectivity index (χ4v) is 11.9. The Morgan fingerprint density at radius 3 is 1.82 bits per heavy atom. The standard InChI is InChI=1S/C43H80O/c1-7-8-9-10-11-12-13-14-15-16-17-18-19-20-32-44-37-28-30-42(5)36(33-37)24-25-38-40-27-26-39(35(4)23-21-22-34(2)3)43(40,6)31-29-41(38)42/h34-41H,7-33H2,1-6H3/t35-,36?,37?,38?,39-,40?,41?,42+,43-/m1/s1. The summed E-state index contributed by atoms with van der Waals surface area (Å²) in [5.74, 6) is 6.76. The molecular weight excluding hydrogens is 532 g/mol. The summed E-state index contributed by atoms with van der Waals surface area (Å²) in [6.45, 7) is 16.3. The molecule has 0 saturated heterocycles. The molecule has 9 atom stereocenters. The molecule has 0 bridgehead atoms. The van der Waals surface area contributed by atoms with Gasteiger partial charge < -0.3 is 4.74 Å². The summed E-state index contributed by atoms with van der Waals surface area (Å²) in [6, 6.07) is 0. The molecule has 0 heterocycles. The molecule has 4 rings (SSSR count). The lowest BCUT2D eigenvalue weighted by atomic mass is 9.44. The van der Waals surface area contributed by atoms with Crippen molar-refractivity contribution < 1.29 is 4.74 Å². The van der Waals surface area contributed by atoms with Crippen molar-refractivity contribution in [3.8, 4) is 0 Å². The highest BCUT2D eigenvalue weighted by molar-refractivity contribution is 5.09. The molecule has 0 aromatic heterocycles. The molecule has 4 fully saturated rings. The molecule has 0 aromatic rings. The van der Waals surface area contributed by atoms with Crippen molar-refractivity contribution in [2.75, 3.05) is 6.61 Å². The van der Waals surface area contributed by atoms with Crippen molar-refractivity contribution in [1.29, 1.82) is 0 Å². The summed E-state index contributed by atoms with van der Waals surface area (Å²) < 4.78 is 6.59. The zero-order chi connectivity index (χ0) is 31.4. The van der Waals surface area contributed by atoms with Gasteiger partial charge in [0.2, 0.25) is 0 Å². The predicted octanol–water partition coefficient (Wildman–Crippen LogP) is 14.0. The van der Waals surface area contributed by atoms with E-state index in [0.29, 0.717) is 16.9 Å². The van der Waals surface area contributed by atoms with Crippen molar-refractivity contribution in [1.82, 2.24) is 0 Å². The zero-order valence-corrected chi connectivity index (χ0v) is 31.1. The molecule has 0 aromatic carbocycles. The summed E-state index contributed by atoms with van der Waals surface area (Å²) in [7, 11) is 0. The number of hydrogen-bond donors (Lipinski definition) is 0. The molecular formula is C43H80O. The number of fused-ring (bicyclic) bond motifs is 5. The van der Waals surface area contributed by atoms with Gasteiger partial charge in [0, 0.05) is 6.61 Å². The molecule has 0 N–H and O–H groups in total. The number of unbranched alkanes of at least 4 members (excludes halogenated alkanes) is 13. The lowest BCUT2D eigenvalue weighted by Gasteiger charge is -2.61. The Labute approximate surface area is 277 Å². The van der Waals surface area contributed by atoms with Gasteiger partial charge in [-0.05, 0) is 116 Å². The second-order valence-corrected chi connectivity index (χ2v) is 18.1. The summed E-state index contributed by atoms with van der Waals surface area (Å²) in [6.07, 6.45) is 38.3. The highest BCUT2D eigenvalue weighted by Gasteiger charge is 2.60. The van der Waals surface area contributed by atoms with Crippen LogP contribution in [0, 0.1) is 52.3 Å². The average Bonchev–Trinajstić information content (AvgIpc) is 3.36. The minimum atomic E-state index is 0.558. The first kappa shape index (κ1) is 36.8. The Morgan fingerprint density at radius 1 is 0.591 bits per heavy atom. The third-order valence-electron chi connectivity index (χ3n) is 14.7. The Morgan fingerprint density at radius 2 is 1.18 bits per heavy atom. The molecule has 0 spiro atoms. The van der Waals surface area contributed by atoms with Crippen molar-refractivity contribution in [2.24, 2.45) is 52.3 Å². The minimum Gasteiger partial charge on any atom is -0.378 e. The van der Waals surface area contributed by atoms with E-state index >= 15 is 0 Å². The molecule has 1 heteroatoms. The first-order valence-corrected chi connectivity index (χ1v) is 20.9. The molecule has 4 saturated carbocycles. The van der Waals surface area contributed by atoms with Crippen molar-refractivity contribution in [3.63, 3.8) is 0 Å². The van der Waals surface area contributed by atoms with Crippen LogP contribution in [0.1, 0.15) is 208 Å². The Hall–Kier alpha value is -0.0400. The van der Waals surface area contributed by atoms with Gasteiger partial charge in [0.05, 0.1) is 6.10 Å².